The number of methoxy groups -OCH3 is 1. The Morgan fingerprint density at radius 3 is 2.20 bits per heavy atom. The molecule has 1 aliphatic rings. The Bertz CT molecular complexity index is 1460. The molecule has 0 aromatic heterocycles. The molecule has 41 heavy (non-hydrogen) atoms. The number of hydrogen-bond donors (Lipinski definition) is 1. The Balaban J connectivity index is 1.74. The van der Waals surface area contributed by atoms with Crippen LogP contribution < -0.4 is 14.4 Å². The first-order chi connectivity index (χ1) is 19.6. The molecule has 3 aromatic rings. The van der Waals surface area contributed by atoms with Crippen molar-refractivity contribution in [1.29, 1.82) is 0 Å². The third-order valence-corrected chi connectivity index (χ3v) is 9.71. The van der Waals surface area contributed by atoms with Crippen LogP contribution in [-0.4, -0.2) is 50.9 Å². The molecule has 1 atom stereocenters. The van der Waals surface area contributed by atoms with Gasteiger partial charge in [-0.1, -0.05) is 72.4 Å². The van der Waals surface area contributed by atoms with Gasteiger partial charge in [-0.05, 0) is 56.2 Å². The Morgan fingerprint density at radius 2 is 1.56 bits per heavy atom. The van der Waals surface area contributed by atoms with Crippen LogP contribution in [0.25, 0.3) is 0 Å². The molecule has 1 fully saturated rings. The molecule has 4 rings (SSSR count). The van der Waals surface area contributed by atoms with Gasteiger partial charge in [-0.2, -0.15) is 0 Å². The normalized spacial score (nSPS) is 14.3. The van der Waals surface area contributed by atoms with E-state index < -0.39 is 28.5 Å². The number of nitrogens with zero attached hydrogens (tertiary/aromatic N) is 2. The average molecular weight is 619 g/mol. The van der Waals surface area contributed by atoms with E-state index in [0.717, 1.165) is 30.0 Å². The maximum atomic E-state index is 14.1. The summed E-state index contributed by atoms with van der Waals surface area (Å²) in [6, 6.07) is 18.5. The van der Waals surface area contributed by atoms with E-state index in [1.807, 2.05) is 0 Å². The molecule has 1 saturated carbocycles. The van der Waals surface area contributed by atoms with Crippen LogP contribution in [0, 0.1) is 0 Å². The Labute approximate surface area is 251 Å². The first-order valence-electron chi connectivity index (χ1n) is 13.4. The van der Waals surface area contributed by atoms with Gasteiger partial charge in [0.05, 0.1) is 17.7 Å². The number of halogens is 2. The van der Waals surface area contributed by atoms with Crippen LogP contribution in [0.15, 0.2) is 77.7 Å². The topological polar surface area (TPSA) is 96.0 Å². The zero-order chi connectivity index (χ0) is 29.6. The first kappa shape index (κ1) is 30.7. The summed E-state index contributed by atoms with van der Waals surface area (Å²) in [5.74, 6) is -0.670. The lowest BCUT2D eigenvalue weighted by Gasteiger charge is -2.33. The van der Waals surface area contributed by atoms with Crippen molar-refractivity contribution in [1.82, 2.24) is 10.2 Å². The summed E-state index contributed by atoms with van der Waals surface area (Å²) in [6.45, 7) is 0.925. The second kappa shape index (κ2) is 13.6. The minimum absolute atomic E-state index is 0.00595. The van der Waals surface area contributed by atoms with Crippen LogP contribution in [-0.2, 0) is 26.2 Å². The molecule has 0 heterocycles. The van der Waals surface area contributed by atoms with Crippen molar-refractivity contribution >= 4 is 50.7 Å². The molecule has 0 radical (unpaired) electrons. The Kier molecular flexibility index (Phi) is 10.2. The quantitative estimate of drug-likeness (QED) is 0.299. The largest absolute Gasteiger partial charge is 0.495 e. The number of anilines is 1. The van der Waals surface area contributed by atoms with Gasteiger partial charge in [0.1, 0.15) is 18.3 Å². The number of carbonyl (C=O) groups is 2. The van der Waals surface area contributed by atoms with Gasteiger partial charge >= 0.3 is 0 Å². The van der Waals surface area contributed by atoms with E-state index in [1.165, 1.54) is 24.1 Å². The van der Waals surface area contributed by atoms with Crippen LogP contribution in [0.5, 0.6) is 5.75 Å². The Morgan fingerprint density at radius 1 is 0.951 bits per heavy atom. The summed E-state index contributed by atoms with van der Waals surface area (Å²) in [5, 5.41) is 3.70. The smallest absolute Gasteiger partial charge is 0.264 e. The van der Waals surface area contributed by atoms with E-state index in [4.69, 9.17) is 27.9 Å². The standard InChI is InChI=1S/C30H33Cl2N3O5S/c1-21(30(37)33-22-11-6-7-12-22)34(19-24-25(31)15-10-16-26(24)32)29(36)20-35(27-17-8-9-18-28(27)40-2)41(38,39)23-13-4-3-5-14-23/h3-5,8-10,13-18,21-22H,6-7,11-12,19-20H2,1-2H3,(H,33,37)/t21-/m0/s1. The fourth-order valence-electron chi connectivity index (χ4n) is 4.90. The molecule has 0 bridgehead atoms. The van der Waals surface area contributed by atoms with Crippen molar-refractivity contribution in [2.75, 3.05) is 18.0 Å². The molecule has 0 spiro atoms. The summed E-state index contributed by atoms with van der Waals surface area (Å²) in [5.41, 5.74) is 0.644. The lowest BCUT2D eigenvalue weighted by molar-refractivity contribution is -0.139. The molecule has 1 aliphatic carbocycles. The van der Waals surface area contributed by atoms with Gasteiger partial charge < -0.3 is 15.0 Å². The number of para-hydroxylation sites is 2. The molecule has 2 amide bonds. The monoisotopic (exact) mass is 617 g/mol. The summed E-state index contributed by atoms with van der Waals surface area (Å²) < 4.78 is 34.3. The summed E-state index contributed by atoms with van der Waals surface area (Å²) in [4.78, 5) is 28.8. The van der Waals surface area contributed by atoms with E-state index in [0.29, 0.717) is 15.6 Å². The van der Waals surface area contributed by atoms with Crippen LogP contribution in [0.1, 0.15) is 38.2 Å². The van der Waals surface area contributed by atoms with E-state index in [9.17, 15) is 18.0 Å². The number of benzene rings is 3. The van der Waals surface area contributed by atoms with Gasteiger partial charge in [0.2, 0.25) is 11.8 Å². The number of rotatable bonds is 11. The van der Waals surface area contributed by atoms with Gasteiger partial charge in [-0.3, -0.25) is 13.9 Å². The molecule has 0 aliphatic heterocycles. The molecule has 0 unspecified atom stereocenters. The van der Waals surface area contributed by atoms with Crippen molar-refractivity contribution < 1.29 is 22.7 Å². The zero-order valence-electron chi connectivity index (χ0n) is 22.9. The van der Waals surface area contributed by atoms with Gasteiger partial charge in [0.25, 0.3) is 10.0 Å². The van der Waals surface area contributed by atoms with E-state index in [-0.39, 0.29) is 34.8 Å². The summed E-state index contributed by atoms with van der Waals surface area (Å²) >= 11 is 12.9. The number of ether oxygens (including phenoxy) is 1. The van der Waals surface area contributed by atoms with Crippen molar-refractivity contribution in [2.24, 2.45) is 0 Å². The molecule has 0 saturated heterocycles. The lowest BCUT2D eigenvalue weighted by atomic mass is 10.1. The predicted molar refractivity (Wildman–Crippen MR) is 161 cm³/mol. The Hall–Kier alpha value is -3.27. The molecule has 3 aromatic carbocycles. The third kappa shape index (κ3) is 7.15. The maximum Gasteiger partial charge on any atom is 0.264 e. The number of sulfonamides is 1. The van der Waals surface area contributed by atoms with Crippen LogP contribution in [0.2, 0.25) is 10.0 Å². The molecule has 218 valence electrons. The van der Waals surface area contributed by atoms with Crippen molar-refractivity contribution in [2.45, 2.75) is 56.1 Å². The minimum Gasteiger partial charge on any atom is -0.495 e. The third-order valence-electron chi connectivity index (χ3n) is 7.22. The summed E-state index contributed by atoms with van der Waals surface area (Å²) in [7, 11) is -2.79. The average Bonchev–Trinajstić information content (AvgIpc) is 3.48. The molecular weight excluding hydrogens is 585 g/mol. The number of hydrogen-bond acceptors (Lipinski definition) is 5. The second-order valence-corrected chi connectivity index (χ2v) is 12.6. The van der Waals surface area contributed by atoms with Gasteiger partial charge in [-0.25, -0.2) is 8.42 Å². The highest BCUT2D eigenvalue weighted by Crippen LogP contribution is 2.33. The molecular formula is C30H33Cl2N3O5S. The van der Waals surface area contributed by atoms with Crippen molar-refractivity contribution in [3.8, 4) is 5.75 Å². The van der Waals surface area contributed by atoms with Gasteiger partial charge in [0.15, 0.2) is 0 Å². The fraction of sp³-hybridized carbons (Fsp3) is 0.333. The lowest BCUT2D eigenvalue weighted by Crippen LogP contribution is -2.52. The van der Waals surface area contributed by atoms with E-state index in [1.54, 1.807) is 67.6 Å². The predicted octanol–water partition coefficient (Wildman–Crippen LogP) is 5.67. The van der Waals surface area contributed by atoms with Crippen LogP contribution in [0.3, 0.4) is 0 Å². The molecule has 11 heteroatoms. The van der Waals surface area contributed by atoms with Crippen LogP contribution >= 0.6 is 23.2 Å². The number of amides is 2. The van der Waals surface area contributed by atoms with E-state index >= 15 is 0 Å². The highest BCUT2D eigenvalue weighted by atomic mass is 35.5. The molecule has 8 nitrogen and oxygen atoms in total. The van der Waals surface area contributed by atoms with E-state index in [2.05, 4.69) is 5.32 Å². The number of carbonyl (C=O) groups excluding carboxylic acids is 2. The van der Waals surface area contributed by atoms with Gasteiger partial charge in [0, 0.05) is 28.2 Å². The number of nitrogens with one attached hydrogen (secondary N) is 1. The highest BCUT2D eigenvalue weighted by molar-refractivity contribution is 7.92. The second-order valence-electron chi connectivity index (χ2n) is 9.88. The maximum absolute atomic E-state index is 14.1. The SMILES string of the molecule is COc1ccccc1N(CC(=O)N(Cc1c(Cl)cccc1Cl)[C@@H](C)C(=O)NC1CCCC1)S(=O)(=O)c1ccccc1. The van der Waals surface area contributed by atoms with Crippen LogP contribution in [0.4, 0.5) is 5.69 Å². The van der Waals surface area contributed by atoms with Gasteiger partial charge in [-0.15, -0.1) is 0 Å². The van der Waals surface area contributed by atoms with Crippen molar-refractivity contribution in [3.63, 3.8) is 0 Å². The zero-order valence-corrected chi connectivity index (χ0v) is 25.3. The van der Waals surface area contributed by atoms with Crippen molar-refractivity contribution in [3.05, 3.63) is 88.4 Å². The molecule has 1 N–H and O–H groups in total. The fourth-order valence-corrected chi connectivity index (χ4v) is 6.86. The minimum atomic E-state index is -4.22. The first-order valence-corrected chi connectivity index (χ1v) is 15.6. The summed E-state index contributed by atoms with van der Waals surface area (Å²) in [6.07, 6.45) is 3.81. The highest BCUT2D eigenvalue weighted by Gasteiger charge is 2.34.